The highest BCUT2D eigenvalue weighted by molar-refractivity contribution is 7.86. The lowest BCUT2D eigenvalue weighted by Crippen LogP contribution is -2.73. The number of alkyl halides is 4. The zero-order chi connectivity index (χ0) is 22.1. The molecule has 2 aliphatic rings. The average Bonchev–Trinajstić information content (AvgIpc) is 2.69. The van der Waals surface area contributed by atoms with Crippen LogP contribution >= 0.6 is 34.8 Å². The molecule has 30 heavy (non-hydrogen) atoms. The van der Waals surface area contributed by atoms with Crippen molar-refractivity contribution in [3.63, 3.8) is 0 Å². The fraction of sp³-hybridized carbons (Fsp3) is 0.389. The Hall–Kier alpha value is -1.68. The Kier molecular flexibility index (Phi) is 7.06. The van der Waals surface area contributed by atoms with E-state index in [-0.39, 0.29) is 23.4 Å². The Balaban J connectivity index is 1.74. The molecule has 0 spiro atoms. The predicted octanol–water partition coefficient (Wildman–Crippen LogP) is 1.78. The van der Waals surface area contributed by atoms with E-state index >= 15 is 0 Å². The van der Waals surface area contributed by atoms with Gasteiger partial charge in [-0.3, -0.25) is 18.7 Å². The van der Waals surface area contributed by atoms with Gasteiger partial charge in [-0.2, -0.15) is 0 Å². The summed E-state index contributed by atoms with van der Waals surface area (Å²) in [4.78, 5) is 38.3. The summed E-state index contributed by atoms with van der Waals surface area (Å²) in [6.07, 6.45) is 0.0215. The molecule has 1 aromatic carbocycles. The number of hydrogen-bond acceptors (Lipinski definition) is 5. The molecule has 3 atom stereocenters. The summed E-state index contributed by atoms with van der Waals surface area (Å²) in [6, 6.07) is 7.75. The van der Waals surface area contributed by atoms with Crippen molar-refractivity contribution < 1.29 is 27.7 Å². The van der Waals surface area contributed by atoms with Gasteiger partial charge in [0, 0.05) is 5.57 Å². The molecular formula is C18H16Cl3FN2O5S. The number of nitrogens with one attached hydrogen (secondary N) is 1. The van der Waals surface area contributed by atoms with Crippen LogP contribution in [-0.4, -0.2) is 61.1 Å². The van der Waals surface area contributed by atoms with Crippen LogP contribution in [0, 0.1) is 0 Å². The van der Waals surface area contributed by atoms with Crippen molar-refractivity contribution in [2.75, 3.05) is 19.0 Å². The monoisotopic (exact) mass is 496 g/mol. The maximum atomic E-state index is 13.5. The fourth-order valence-electron chi connectivity index (χ4n) is 3.17. The lowest BCUT2D eigenvalue weighted by Gasteiger charge is -2.49. The van der Waals surface area contributed by atoms with E-state index in [1.807, 2.05) is 0 Å². The molecular weight excluding hydrogens is 482 g/mol. The van der Waals surface area contributed by atoms with E-state index in [9.17, 15) is 23.0 Å². The molecule has 0 aliphatic carbocycles. The molecule has 162 valence electrons. The van der Waals surface area contributed by atoms with E-state index in [0.717, 1.165) is 10.5 Å². The third-order valence-electron chi connectivity index (χ3n) is 4.45. The van der Waals surface area contributed by atoms with Gasteiger partial charge in [0.05, 0.1) is 23.0 Å². The van der Waals surface area contributed by atoms with Crippen LogP contribution in [0.2, 0.25) is 0 Å². The molecule has 2 aliphatic heterocycles. The van der Waals surface area contributed by atoms with Crippen LogP contribution in [0.4, 0.5) is 4.39 Å². The molecule has 1 saturated heterocycles. The molecule has 3 rings (SSSR count). The van der Waals surface area contributed by atoms with Gasteiger partial charge >= 0.3 is 5.97 Å². The van der Waals surface area contributed by atoms with E-state index in [1.165, 1.54) is 0 Å². The van der Waals surface area contributed by atoms with Crippen molar-refractivity contribution in [2.45, 2.75) is 21.6 Å². The minimum atomic E-state index is -1.89. The molecule has 2 unspecified atom stereocenters. The van der Waals surface area contributed by atoms with Gasteiger partial charge in [0.2, 0.25) is 9.70 Å². The number of carbonyl (C=O) groups excluding carboxylic acids is 3. The zero-order valence-electron chi connectivity index (χ0n) is 15.3. The van der Waals surface area contributed by atoms with Crippen LogP contribution in [0.15, 0.2) is 41.6 Å². The van der Waals surface area contributed by atoms with Crippen LogP contribution in [0.5, 0.6) is 0 Å². The topological polar surface area (TPSA) is 92.8 Å². The number of hydrogen-bond donors (Lipinski definition) is 1. The van der Waals surface area contributed by atoms with Crippen LogP contribution < -0.4 is 5.32 Å². The highest BCUT2D eigenvalue weighted by Crippen LogP contribution is 2.36. The molecule has 12 heteroatoms. The van der Waals surface area contributed by atoms with E-state index in [0.29, 0.717) is 0 Å². The second kappa shape index (κ2) is 9.21. The molecule has 1 fully saturated rings. The van der Waals surface area contributed by atoms with Crippen molar-refractivity contribution in [1.29, 1.82) is 0 Å². The summed E-state index contributed by atoms with van der Waals surface area (Å²) in [5, 5.41) is 1.53. The Morgan fingerprint density at radius 1 is 1.27 bits per heavy atom. The van der Waals surface area contributed by atoms with Crippen molar-refractivity contribution in [3.05, 3.63) is 47.2 Å². The maximum absolute atomic E-state index is 13.5. The summed E-state index contributed by atoms with van der Waals surface area (Å²) in [6.45, 7) is -1.72. The summed E-state index contributed by atoms with van der Waals surface area (Å²) in [5.41, 5.74) is 0.218. The van der Waals surface area contributed by atoms with Crippen LogP contribution in [0.1, 0.15) is 5.56 Å². The van der Waals surface area contributed by atoms with Crippen LogP contribution in [0.3, 0.4) is 0 Å². The van der Waals surface area contributed by atoms with Gasteiger partial charge in [0.25, 0.3) is 5.91 Å². The number of rotatable bonds is 6. The van der Waals surface area contributed by atoms with Crippen molar-refractivity contribution in [3.8, 4) is 0 Å². The highest BCUT2D eigenvalue weighted by Gasteiger charge is 2.57. The highest BCUT2D eigenvalue weighted by atomic mass is 35.6. The molecule has 1 N–H and O–H groups in total. The largest absolute Gasteiger partial charge is 0.456 e. The number of ether oxygens (including phenoxy) is 1. The first-order valence-corrected chi connectivity index (χ1v) is 11.2. The lowest BCUT2D eigenvalue weighted by molar-refractivity contribution is -0.153. The lowest BCUT2D eigenvalue weighted by atomic mass is 10.0. The van der Waals surface area contributed by atoms with Gasteiger partial charge < -0.3 is 10.1 Å². The van der Waals surface area contributed by atoms with Crippen LogP contribution in [0.25, 0.3) is 0 Å². The zero-order valence-corrected chi connectivity index (χ0v) is 18.4. The standard InChI is InChI=1S/C18H16Cl3FN2O5S/c19-18(20,21)9-29-17(27)14-11(7-22)8-30(28)16-13(15(26)24(14)16)23-12(25)6-10-4-2-1-3-5-10/h1-5,13,16H,6-9H2,(H,23,25)/t13?,16-,30?/m1/s1. The Bertz CT molecular complexity index is 922. The number of esters is 1. The molecule has 0 bridgehead atoms. The van der Waals surface area contributed by atoms with Gasteiger partial charge in [-0.05, 0) is 5.56 Å². The number of halogens is 4. The quantitative estimate of drug-likeness (QED) is 0.367. The Labute approximate surface area is 188 Å². The van der Waals surface area contributed by atoms with Gasteiger partial charge in [-0.25, -0.2) is 9.18 Å². The number of benzene rings is 1. The Morgan fingerprint density at radius 2 is 1.93 bits per heavy atom. The molecule has 0 radical (unpaired) electrons. The molecule has 0 saturated carbocycles. The van der Waals surface area contributed by atoms with E-state index in [1.54, 1.807) is 30.3 Å². The average molecular weight is 498 g/mol. The molecule has 0 aromatic heterocycles. The number of nitrogens with zero attached hydrogens (tertiary/aromatic N) is 1. The first kappa shape index (κ1) is 23.0. The minimum Gasteiger partial charge on any atom is -0.456 e. The third-order valence-corrected chi connectivity index (χ3v) is 6.43. The van der Waals surface area contributed by atoms with Gasteiger partial charge in [0.1, 0.15) is 30.4 Å². The fourth-order valence-corrected chi connectivity index (χ4v) is 4.99. The summed E-state index contributed by atoms with van der Waals surface area (Å²) in [5.74, 6) is -2.50. The number of fused-ring (bicyclic) bond motifs is 1. The molecule has 7 nitrogen and oxygen atoms in total. The van der Waals surface area contributed by atoms with Gasteiger partial charge in [-0.15, -0.1) is 0 Å². The van der Waals surface area contributed by atoms with Crippen LogP contribution in [-0.2, 0) is 36.3 Å². The smallest absolute Gasteiger partial charge is 0.355 e. The van der Waals surface area contributed by atoms with Crippen molar-refractivity contribution in [2.24, 2.45) is 0 Å². The maximum Gasteiger partial charge on any atom is 0.355 e. The second-order valence-electron chi connectivity index (χ2n) is 6.61. The first-order valence-electron chi connectivity index (χ1n) is 8.67. The predicted molar refractivity (Wildman–Crippen MR) is 110 cm³/mol. The number of amides is 2. The van der Waals surface area contributed by atoms with E-state index in [4.69, 9.17) is 39.5 Å². The molecule has 2 amide bonds. The SMILES string of the molecule is O=C(Cc1ccccc1)NC1C(=O)N2C(C(=O)OCC(Cl)(Cl)Cl)=C(CF)CS(=O)[C@H]12. The summed E-state index contributed by atoms with van der Waals surface area (Å²) in [7, 11) is -1.72. The second-order valence-corrected chi connectivity index (χ2v) is 10.7. The molecule has 1 aromatic rings. The normalized spacial score (nSPS) is 23.5. The van der Waals surface area contributed by atoms with Crippen molar-refractivity contribution >= 4 is 63.4 Å². The van der Waals surface area contributed by atoms with E-state index < -0.39 is 57.1 Å². The summed E-state index contributed by atoms with van der Waals surface area (Å²) < 4.78 is 29.0. The Morgan fingerprint density at radius 3 is 2.53 bits per heavy atom. The van der Waals surface area contributed by atoms with Gasteiger partial charge in [0.15, 0.2) is 0 Å². The third kappa shape index (κ3) is 4.96. The number of β-lactam (4-membered cyclic amide) rings is 1. The molecule has 2 heterocycles. The van der Waals surface area contributed by atoms with E-state index in [2.05, 4.69) is 5.32 Å². The number of carbonyl (C=O) groups is 3. The van der Waals surface area contributed by atoms with Crippen molar-refractivity contribution in [1.82, 2.24) is 10.2 Å². The minimum absolute atomic E-state index is 0.0215. The van der Waals surface area contributed by atoms with Gasteiger partial charge in [-0.1, -0.05) is 65.1 Å². The first-order chi connectivity index (χ1) is 14.1. The summed E-state index contributed by atoms with van der Waals surface area (Å²) >= 11 is 16.7.